The van der Waals surface area contributed by atoms with Crippen molar-refractivity contribution < 1.29 is 10.2 Å². The Balaban J connectivity index is 2.29. The number of rotatable bonds is 1. The van der Waals surface area contributed by atoms with Gasteiger partial charge in [-0.3, -0.25) is 0 Å². The number of hydrogen-bond acceptors (Lipinski definition) is 2. The van der Waals surface area contributed by atoms with Gasteiger partial charge in [-0.1, -0.05) is 32.9 Å². The van der Waals surface area contributed by atoms with Crippen LogP contribution >= 0.6 is 0 Å². The zero-order chi connectivity index (χ0) is 12.8. The first-order chi connectivity index (χ1) is 7.88. The van der Waals surface area contributed by atoms with E-state index < -0.39 is 0 Å². The van der Waals surface area contributed by atoms with Crippen LogP contribution in [0.25, 0.3) is 0 Å². The number of hydrogen-bond donors (Lipinski definition) is 2. The highest BCUT2D eigenvalue weighted by Crippen LogP contribution is 2.54. The van der Waals surface area contributed by atoms with Crippen molar-refractivity contribution in [2.24, 2.45) is 23.2 Å². The third-order valence-corrected chi connectivity index (χ3v) is 5.30. The Kier molecular flexibility index (Phi) is 3.39. The van der Waals surface area contributed by atoms with Gasteiger partial charge in [0, 0.05) is 11.3 Å². The lowest BCUT2D eigenvalue weighted by atomic mass is 9.53. The second kappa shape index (κ2) is 4.40. The van der Waals surface area contributed by atoms with Gasteiger partial charge in [0.1, 0.15) is 0 Å². The smallest absolute Gasteiger partial charge is 0.0642 e. The van der Waals surface area contributed by atoms with Crippen LogP contribution in [0.4, 0.5) is 0 Å². The summed E-state index contributed by atoms with van der Waals surface area (Å²) in [7, 11) is 0. The summed E-state index contributed by atoms with van der Waals surface area (Å²) in [6.07, 6.45) is 3.11. The van der Waals surface area contributed by atoms with E-state index in [1.165, 1.54) is 0 Å². The molecular weight excluding hydrogens is 212 g/mol. The summed E-state index contributed by atoms with van der Waals surface area (Å²) in [6, 6.07) is 0. The molecule has 0 bridgehead atoms. The normalized spacial score (nSPS) is 47.1. The highest BCUT2D eigenvalue weighted by molar-refractivity contribution is 5.17. The van der Waals surface area contributed by atoms with Crippen LogP contribution in [-0.4, -0.2) is 22.4 Å². The van der Waals surface area contributed by atoms with Gasteiger partial charge < -0.3 is 10.2 Å². The third-order valence-electron chi connectivity index (χ3n) is 5.30. The molecule has 2 fully saturated rings. The molecule has 2 rings (SSSR count). The van der Waals surface area contributed by atoms with E-state index in [0.717, 1.165) is 31.3 Å². The van der Waals surface area contributed by atoms with Crippen LogP contribution < -0.4 is 0 Å². The molecule has 0 heterocycles. The van der Waals surface area contributed by atoms with Crippen LogP contribution in [0.15, 0.2) is 12.2 Å². The first-order valence-electron chi connectivity index (χ1n) is 6.91. The van der Waals surface area contributed by atoms with Gasteiger partial charge >= 0.3 is 0 Å². The molecule has 0 amide bonds. The molecule has 98 valence electrons. The van der Waals surface area contributed by atoms with E-state index in [0.29, 0.717) is 11.8 Å². The maximum atomic E-state index is 10.6. The minimum atomic E-state index is -0.323. The summed E-state index contributed by atoms with van der Waals surface area (Å²) in [5.41, 5.74) is 0.996. The molecule has 0 saturated heterocycles. The van der Waals surface area contributed by atoms with Crippen molar-refractivity contribution in [2.45, 2.75) is 58.7 Å². The molecule has 2 nitrogen and oxygen atoms in total. The van der Waals surface area contributed by atoms with Gasteiger partial charge in [-0.2, -0.15) is 0 Å². The summed E-state index contributed by atoms with van der Waals surface area (Å²) in [5.74, 6) is 0.948. The molecule has 3 unspecified atom stereocenters. The van der Waals surface area contributed by atoms with Crippen molar-refractivity contribution >= 4 is 0 Å². The largest absolute Gasteiger partial charge is 0.393 e. The van der Waals surface area contributed by atoms with E-state index in [-0.39, 0.29) is 23.5 Å². The molecule has 0 aromatic carbocycles. The zero-order valence-electron chi connectivity index (χ0n) is 11.3. The van der Waals surface area contributed by atoms with Crippen molar-refractivity contribution in [1.82, 2.24) is 0 Å². The predicted octanol–water partition coefficient (Wildman–Crippen LogP) is 2.75. The molecule has 2 N–H and O–H groups in total. The van der Waals surface area contributed by atoms with Crippen LogP contribution in [0, 0.1) is 23.2 Å². The minimum Gasteiger partial charge on any atom is -0.393 e. The van der Waals surface area contributed by atoms with Crippen LogP contribution in [-0.2, 0) is 0 Å². The lowest BCUT2D eigenvalue weighted by Crippen LogP contribution is -2.54. The van der Waals surface area contributed by atoms with Crippen molar-refractivity contribution in [3.05, 3.63) is 12.2 Å². The average Bonchev–Trinajstić information content (AvgIpc) is 2.23. The fraction of sp³-hybridized carbons (Fsp3) is 0.867. The lowest BCUT2D eigenvalue weighted by molar-refractivity contribution is -0.120. The summed E-state index contributed by atoms with van der Waals surface area (Å²) >= 11 is 0. The second-order valence-corrected chi connectivity index (χ2v) is 6.63. The Morgan fingerprint density at radius 3 is 2.53 bits per heavy atom. The van der Waals surface area contributed by atoms with Crippen molar-refractivity contribution in [3.8, 4) is 0 Å². The average molecular weight is 238 g/mol. The first-order valence-corrected chi connectivity index (χ1v) is 6.91. The summed E-state index contributed by atoms with van der Waals surface area (Å²) < 4.78 is 0. The topological polar surface area (TPSA) is 40.5 Å². The molecular formula is C15H26O2. The minimum absolute atomic E-state index is 0.0902. The highest BCUT2D eigenvalue weighted by atomic mass is 16.3. The molecule has 0 spiro atoms. The Morgan fingerprint density at radius 1 is 1.29 bits per heavy atom. The number of fused-ring (bicyclic) bond motifs is 1. The molecule has 2 heteroatoms. The molecule has 2 saturated carbocycles. The molecule has 2 aliphatic rings. The zero-order valence-corrected chi connectivity index (χ0v) is 11.3. The van der Waals surface area contributed by atoms with E-state index in [4.69, 9.17) is 0 Å². The Morgan fingerprint density at radius 2 is 1.94 bits per heavy atom. The first kappa shape index (κ1) is 13.1. The van der Waals surface area contributed by atoms with E-state index in [1.807, 2.05) is 0 Å². The maximum absolute atomic E-state index is 10.6. The third kappa shape index (κ3) is 1.96. The fourth-order valence-corrected chi connectivity index (χ4v) is 4.06. The number of aliphatic hydroxyl groups is 2. The quantitative estimate of drug-likeness (QED) is 0.690. The molecule has 0 aliphatic heterocycles. The Labute approximate surface area is 105 Å². The van der Waals surface area contributed by atoms with Crippen LogP contribution in [0.2, 0.25) is 0 Å². The molecule has 5 atom stereocenters. The van der Waals surface area contributed by atoms with Crippen molar-refractivity contribution in [3.63, 3.8) is 0 Å². The standard InChI is InChI=1S/C15H26O2/c1-9(2)11-7-8-15(4)12(16)6-5-10(3)13(15)14(11)17/h9,11-14,16-17H,3,5-8H2,1-2,4H3/t11?,12?,13-,14?,15+/m1/s1. The van der Waals surface area contributed by atoms with E-state index >= 15 is 0 Å². The SMILES string of the molecule is C=C1CCC(O)[C@]2(C)CCC(C(C)C)C(O)[C@@H]12. The monoisotopic (exact) mass is 238 g/mol. The van der Waals surface area contributed by atoms with E-state index in [9.17, 15) is 10.2 Å². The highest BCUT2D eigenvalue weighted by Gasteiger charge is 2.52. The number of aliphatic hydroxyl groups excluding tert-OH is 2. The van der Waals surface area contributed by atoms with Crippen molar-refractivity contribution in [2.75, 3.05) is 0 Å². The Hall–Kier alpha value is -0.340. The second-order valence-electron chi connectivity index (χ2n) is 6.63. The van der Waals surface area contributed by atoms with Gasteiger partial charge in [-0.25, -0.2) is 0 Å². The summed E-state index contributed by atoms with van der Waals surface area (Å²) in [6.45, 7) is 10.6. The summed E-state index contributed by atoms with van der Waals surface area (Å²) in [5, 5.41) is 20.9. The van der Waals surface area contributed by atoms with Crippen molar-refractivity contribution in [1.29, 1.82) is 0 Å². The van der Waals surface area contributed by atoms with Gasteiger partial charge in [0.15, 0.2) is 0 Å². The summed E-state index contributed by atoms with van der Waals surface area (Å²) in [4.78, 5) is 0. The molecule has 0 aromatic rings. The van der Waals surface area contributed by atoms with E-state index in [1.54, 1.807) is 0 Å². The van der Waals surface area contributed by atoms with Crippen LogP contribution in [0.3, 0.4) is 0 Å². The lowest BCUT2D eigenvalue weighted by Gasteiger charge is -2.54. The van der Waals surface area contributed by atoms with Gasteiger partial charge in [0.25, 0.3) is 0 Å². The molecule has 0 radical (unpaired) electrons. The Bertz CT molecular complexity index is 310. The molecule has 17 heavy (non-hydrogen) atoms. The van der Waals surface area contributed by atoms with Gasteiger partial charge in [-0.05, 0) is 37.5 Å². The van der Waals surface area contributed by atoms with Crippen LogP contribution in [0.5, 0.6) is 0 Å². The van der Waals surface area contributed by atoms with Gasteiger partial charge in [0.2, 0.25) is 0 Å². The maximum Gasteiger partial charge on any atom is 0.0642 e. The van der Waals surface area contributed by atoms with Gasteiger partial charge in [0.05, 0.1) is 12.2 Å². The van der Waals surface area contributed by atoms with E-state index in [2.05, 4.69) is 27.4 Å². The van der Waals surface area contributed by atoms with Crippen LogP contribution in [0.1, 0.15) is 46.5 Å². The molecule has 2 aliphatic carbocycles. The predicted molar refractivity (Wildman–Crippen MR) is 69.5 cm³/mol. The molecule has 0 aromatic heterocycles. The fourth-order valence-electron chi connectivity index (χ4n) is 4.06. The van der Waals surface area contributed by atoms with Gasteiger partial charge in [-0.15, -0.1) is 0 Å².